The summed E-state index contributed by atoms with van der Waals surface area (Å²) >= 11 is 0. The molecule has 2 aliphatic heterocycles. The van der Waals surface area contributed by atoms with Crippen LogP contribution in [0.15, 0.2) is 43.0 Å². The van der Waals surface area contributed by atoms with Gasteiger partial charge in [0.05, 0.1) is 6.33 Å². The molecule has 1 aromatic carbocycles. The summed E-state index contributed by atoms with van der Waals surface area (Å²) in [5, 5.41) is 0. The van der Waals surface area contributed by atoms with Gasteiger partial charge in [-0.15, -0.1) is 0 Å². The van der Waals surface area contributed by atoms with Crippen LogP contribution in [-0.4, -0.2) is 46.7 Å². The van der Waals surface area contributed by atoms with Gasteiger partial charge in [0.2, 0.25) is 0 Å². The van der Waals surface area contributed by atoms with E-state index in [0.29, 0.717) is 11.8 Å². The van der Waals surface area contributed by atoms with Crippen LogP contribution in [-0.2, 0) is 11.3 Å². The number of likely N-dealkylation sites (tertiary alicyclic amines) is 1. The summed E-state index contributed by atoms with van der Waals surface area (Å²) in [4.78, 5) is 18.5. The summed E-state index contributed by atoms with van der Waals surface area (Å²) in [7, 11) is 0. The summed E-state index contributed by atoms with van der Waals surface area (Å²) in [6.07, 6.45) is 6.65. The molecule has 2 saturated heterocycles. The van der Waals surface area contributed by atoms with Crippen LogP contribution in [0.5, 0.6) is 0 Å². The standard InChI is InChI=1S/C18H21N3O2/c22-18(21-10-17(11-21)16-5-8-23-12-16)15-3-1-14(2-4-15)9-20-7-6-19-13-20/h1-4,6-7,13,16-17H,5,8-12H2. The number of benzene rings is 1. The highest BCUT2D eigenvalue weighted by Gasteiger charge is 2.37. The highest BCUT2D eigenvalue weighted by atomic mass is 16.5. The lowest BCUT2D eigenvalue weighted by Crippen LogP contribution is -2.52. The zero-order valence-electron chi connectivity index (χ0n) is 13.1. The highest BCUT2D eigenvalue weighted by Crippen LogP contribution is 2.30. The molecule has 5 nitrogen and oxygen atoms in total. The maximum Gasteiger partial charge on any atom is 0.253 e. The number of aromatic nitrogens is 2. The van der Waals surface area contributed by atoms with Gasteiger partial charge >= 0.3 is 0 Å². The van der Waals surface area contributed by atoms with Gasteiger partial charge in [-0.3, -0.25) is 4.79 Å². The molecule has 3 heterocycles. The molecule has 1 unspecified atom stereocenters. The molecule has 2 aromatic rings. The van der Waals surface area contributed by atoms with E-state index in [1.165, 1.54) is 5.56 Å². The molecule has 1 aromatic heterocycles. The Labute approximate surface area is 135 Å². The highest BCUT2D eigenvalue weighted by molar-refractivity contribution is 5.94. The summed E-state index contributed by atoms with van der Waals surface area (Å²) < 4.78 is 7.45. The predicted molar refractivity (Wildman–Crippen MR) is 86.1 cm³/mol. The minimum atomic E-state index is 0.148. The van der Waals surface area contributed by atoms with Gasteiger partial charge in [-0.05, 0) is 36.0 Å². The molecular formula is C18H21N3O2. The van der Waals surface area contributed by atoms with Crippen LogP contribution in [0.1, 0.15) is 22.3 Å². The SMILES string of the molecule is O=C(c1ccc(Cn2ccnc2)cc1)N1CC(C2CCOC2)C1. The molecule has 23 heavy (non-hydrogen) atoms. The van der Waals surface area contributed by atoms with Crippen molar-refractivity contribution in [2.75, 3.05) is 26.3 Å². The fraction of sp³-hybridized carbons (Fsp3) is 0.444. The third-order valence-electron chi connectivity index (χ3n) is 4.95. The predicted octanol–water partition coefficient (Wildman–Crippen LogP) is 2.04. The van der Waals surface area contributed by atoms with Gasteiger partial charge in [0, 0.05) is 50.8 Å². The molecule has 1 atom stereocenters. The summed E-state index contributed by atoms with van der Waals surface area (Å²) in [6, 6.07) is 7.91. The Morgan fingerprint density at radius 1 is 1.22 bits per heavy atom. The molecule has 4 rings (SSSR count). The Bertz CT molecular complexity index is 654. The number of carbonyl (C=O) groups is 1. The fourth-order valence-corrected chi connectivity index (χ4v) is 3.43. The fourth-order valence-electron chi connectivity index (χ4n) is 3.43. The molecule has 0 bridgehead atoms. The number of ether oxygens (including phenoxy) is 1. The largest absolute Gasteiger partial charge is 0.381 e. The second-order valence-corrected chi connectivity index (χ2v) is 6.53. The average Bonchev–Trinajstić information content (AvgIpc) is 3.20. The molecular weight excluding hydrogens is 290 g/mol. The Kier molecular flexibility index (Phi) is 3.87. The van der Waals surface area contributed by atoms with Crippen molar-refractivity contribution in [3.8, 4) is 0 Å². The van der Waals surface area contributed by atoms with Crippen LogP contribution in [0.4, 0.5) is 0 Å². The maximum absolute atomic E-state index is 12.5. The van der Waals surface area contributed by atoms with E-state index in [1.54, 1.807) is 12.5 Å². The molecule has 120 valence electrons. The molecule has 0 saturated carbocycles. The average molecular weight is 311 g/mol. The number of rotatable bonds is 4. The van der Waals surface area contributed by atoms with Gasteiger partial charge in [0.1, 0.15) is 0 Å². The van der Waals surface area contributed by atoms with Crippen molar-refractivity contribution in [2.45, 2.75) is 13.0 Å². The quantitative estimate of drug-likeness (QED) is 0.868. The van der Waals surface area contributed by atoms with Crippen molar-refractivity contribution in [3.05, 3.63) is 54.1 Å². The normalized spacial score (nSPS) is 21.4. The smallest absolute Gasteiger partial charge is 0.253 e. The van der Waals surface area contributed by atoms with Crippen molar-refractivity contribution in [1.29, 1.82) is 0 Å². The number of imidazole rings is 1. The molecule has 0 aliphatic carbocycles. The first-order valence-electron chi connectivity index (χ1n) is 8.21. The Hall–Kier alpha value is -2.14. The number of amides is 1. The molecule has 2 fully saturated rings. The third kappa shape index (κ3) is 3.01. The van der Waals surface area contributed by atoms with Crippen molar-refractivity contribution in [1.82, 2.24) is 14.5 Å². The monoisotopic (exact) mass is 311 g/mol. The molecule has 0 N–H and O–H groups in total. The van der Waals surface area contributed by atoms with Gasteiger partial charge in [-0.2, -0.15) is 0 Å². The van der Waals surface area contributed by atoms with E-state index in [9.17, 15) is 4.79 Å². The van der Waals surface area contributed by atoms with E-state index >= 15 is 0 Å². The lowest BCUT2D eigenvalue weighted by molar-refractivity contribution is 0.0342. The van der Waals surface area contributed by atoms with Gasteiger partial charge in [-0.25, -0.2) is 4.98 Å². The van der Waals surface area contributed by atoms with E-state index in [2.05, 4.69) is 4.98 Å². The van der Waals surface area contributed by atoms with Crippen molar-refractivity contribution in [3.63, 3.8) is 0 Å². The van der Waals surface area contributed by atoms with Crippen LogP contribution in [0, 0.1) is 11.8 Å². The summed E-state index contributed by atoms with van der Waals surface area (Å²) in [5.41, 5.74) is 1.95. The van der Waals surface area contributed by atoms with E-state index in [0.717, 1.165) is 44.8 Å². The van der Waals surface area contributed by atoms with Gasteiger partial charge < -0.3 is 14.2 Å². The van der Waals surface area contributed by atoms with Crippen molar-refractivity contribution in [2.24, 2.45) is 11.8 Å². The number of hydrogen-bond donors (Lipinski definition) is 0. The summed E-state index contributed by atoms with van der Waals surface area (Å²) in [6.45, 7) is 4.29. The Morgan fingerprint density at radius 3 is 2.70 bits per heavy atom. The second-order valence-electron chi connectivity index (χ2n) is 6.53. The van der Waals surface area contributed by atoms with Crippen LogP contribution in [0.2, 0.25) is 0 Å². The van der Waals surface area contributed by atoms with Crippen molar-refractivity contribution >= 4 is 5.91 Å². The molecule has 1 amide bonds. The maximum atomic E-state index is 12.5. The number of hydrogen-bond acceptors (Lipinski definition) is 3. The second kappa shape index (κ2) is 6.16. The first-order valence-corrected chi connectivity index (χ1v) is 8.21. The molecule has 2 aliphatic rings. The van der Waals surface area contributed by atoms with Crippen molar-refractivity contribution < 1.29 is 9.53 Å². The molecule has 5 heteroatoms. The molecule has 0 radical (unpaired) electrons. The lowest BCUT2D eigenvalue weighted by Gasteiger charge is -2.42. The zero-order chi connectivity index (χ0) is 15.6. The lowest BCUT2D eigenvalue weighted by atomic mass is 9.85. The van der Waals surface area contributed by atoms with E-state index in [4.69, 9.17) is 4.74 Å². The van der Waals surface area contributed by atoms with Gasteiger partial charge in [-0.1, -0.05) is 12.1 Å². The van der Waals surface area contributed by atoms with Crippen LogP contribution in [0.3, 0.4) is 0 Å². The van der Waals surface area contributed by atoms with Crippen LogP contribution >= 0.6 is 0 Å². The van der Waals surface area contributed by atoms with Gasteiger partial charge in [0.15, 0.2) is 0 Å². The molecule has 0 spiro atoms. The summed E-state index contributed by atoms with van der Waals surface area (Å²) in [5.74, 6) is 1.42. The first kappa shape index (κ1) is 14.5. The number of nitrogens with zero attached hydrogens (tertiary/aromatic N) is 3. The minimum Gasteiger partial charge on any atom is -0.381 e. The first-order chi connectivity index (χ1) is 11.3. The Morgan fingerprint density at radius 2 is 2.04 bits per heavy atom. The van der Waals surface area contributed by atoms with E-state index in [-0.39, 0.29) is 5.91 Å². The number of carbonyl (C=O) groups excluding carboxylic acids is 1. The van der Waals surface area contributed by atoms with E-state index < -0.39 is 0 Å². The van der Waals surface area contributed by atoms with Gasteiger partial charge in [0.25, 0.3) is 5.91 Å². The third-order valence-corrected chi connectivity index (χ3v) is 4.95. The Balaban J connectivity index is 1.34. The minimum absolute atomic E-state index is 0.148. The zero-order valence-corrected chi connectivity index (χ0v) is 13.1. The van der Waals surface area contributed by atoms with Crippen LogP contribution in [0.25, 0.3) is 0 Å². The topological polar surface area (TPSA) is 47.4 Å². The van der Waals surface area contributed by atoms with Crippen LogP contribution < -0.4 is 0 Å². The van der Waals surface area contributed by atoms with E-state index in [1.807, 2.05) is 39.9 Å².